The van der Waals surface area contributed by atoms with Gasteiger partial charge >= 0.3 is 11.9 Å². The highest BCUT2D eigenvalue weighted by Gasteiger charge is 2.26. The number of carboxylic acids is 2. The van der Waals surface area contributed by atoms with E-state index in [2.05, 4.69) is 0 Å². The van der Waals surface area contributed by atoms with Gasteiger partial charge in [0.05, 0.1) is 39.3 Å². The first kappa shape index (κ1) is 17.2. The van der Waals surface area contributed by atoms with Crippen LogP contribution in [0.2, 0.25) is 0 Å². The van der Waals surface area contributed by atoms with Crippen molar-refractivity contribution < 1.29 is 34.0 Å². The standard InChI is InChI=1S/C6H10O4S.C6H10O3/c7-5(8)1-3-11-4-2-6(9)10;1(5-3-8-5)7-2-6-4-9-6/h1-4H2,(H,7,8)(H,9,10);5-6H,1-4H2. The molecule has 0 radical (unpaired) electrons. The Morgan fingerprint density at radius 3 is 1.70 bits per heavy atom. The third-order valence-corrected chi connectivity index (χ3v) is 3.32. The van der Waals surface area contributed by atoms with Crippen LogP contribution in [0.25, 0.3) is 0 Å². The number of ether oxygens (including phenoxy) is 3. The van der Waals surface area contributed by atoms with Crippen molar-refractivity contribution in [2.75, 3.05) is 37.9 Å². The van der Waals surface area contributed by atoms with Crippen LogP contribution in [0.4, 0.5) is 0 Å². The monoisotopic (exact) mass is 308 g/mol. The maximum atomic E-state index is 9.97. The Labute approximate surface area is 121 Å². The number of hydrogen-bond acceptors (Lipinski definition) is 6. The van der Waals surface area contributed by atoms with Crippen LogP contribution in [0.5, 0.6) is 0 Å². The maximum absolute atomic E-state index is 9.97. The molecule has 7 nitrogen and oxygen atoms in total. The molecule has 0 bridgehead atoms. The fourth-order valence-electron chi connectivity index (χ4n) is 1.08. The van der Waals surface area contributed by atoms with Crippen LogP contribution in [-0.2, 0) is 23.8 Å². The zero-order chi connectivity index (χ0) is 14.8. The molecular weight excluding hydrogens is 288 g/mol. The molecule has 0 aromatic rings. The molecule has 2 N–H and O–H groups in total. The third-order valence-electron chi connectivity index (χ3n) is 2.33. The second-order valence-electron chi connectivity index (χ2n) is 4.35. The predicted octanol–water partition coefficient (Wildman–Crippen LogP) is 0.470. The topological polar surface area (TPSA) is 109 Å². The molecule has 20 heavy (non-hydrogen) atoms. The molecule has 0 spiro atoms. The van der Waals surface area contributed by atoms with Crippen molar-refractivity contribution in [2.24, 2.45) is 0 Å². The van der Waals surface area contributed by atoms with Gasteiger partial charge in [-0.25, -0.2) is 0 Å². The van der Waals surface area contributed by atoms with Gasteiger partial charge in [0.25, 0.3) is 0 Å². The average molecular weight is 308 g/mol. The summed E-state index contributed by atoms with van der Waals surface area (Å²) in [5, 5.41) is 16.4. The molecule has 2 fully saturated rings. The second kappa shape index (κ2) is 9.98. The Bertz CT molecular complexity index is 274. The van der Waals surface area contributed by atoms with E-state index in [4.69, 9.17) is 24.4 Å². The van der Waals surface area contributed by atoms with Crippen LogP contribution in [-0.4, -0.2) is 72.3 Å². The van der Waals surface area contributed by atoms with E-state index >= 15 is 0 Å². The summed E-state index contributed by atoms with van der Waals surface area (Å²) in [6.07, 6.45) is 0.988. The minimum absolute atomic E-state index is 0.101. The maximum Gasteiger partial charge on any atom is 0.304 e. The molecule has 0 aromatic carbocycles. The Morgan fingerprint density at radius 2 is 1.40 bits per heavy atom. The van der Waals surface area contributed by atoms with Gasteiger partial charge < -0.3 is 24.4 Å². The molecule has 2 rings (SSSR count). The lowest BCUT2D eigenvalue weighted by Gasteiger charge is -1.95. The van der Waals surface area contributed by atoms with Gasteiger partial charge in [0, 0.05) is 11.5 Å². The largest absolute Gasteiger partial charge is 0.481 e. The van der Waals surface area contributed by atoms with Crippen LogP contribution in [0, 0.1) is 0 Å². The SMILES string of the molecule is C(OCC1CO1)C1CO1.O=C(O)CCSCCC(=O)O. The highest BCUT2D eigenvalue weighted by atomic mass is 32.2. The first-order valence-corrected chi connectivity index (χ1v) is 7.55. The molecule has 2 saturated heterocycles. The summed E-state index contributed by atoms with van der Waals surface area (Å²) >= 11 is 1.35. The van der Waals surface area contributed by atoms with Gasteiger partial charge in [-0.15, -0.1) is 0 Å². The molecule has 116 valence electrons. The molecule has 2 aliphatic rings. The van der Waals surface area contributed by atoms with Crippen molar-refractivity contribution in [3.05, 3.63) is 0 Å². The van der Waals surface area contributed by atoms with Crippen LogP contribution in [0.15, 0.2) is 0 Å². The minimum atomic E-state index is -0.840. The number of thioether (sulfide) groups is 1. The fraction of sp³-hybridized carbons (Fsp3) is 0.833. The van der Waals surface area contributed by atoms with Crippen molar-refractivity contribution in [1.29, 1.82) is 0 Å². The first-order valence-electron chi connectivity index (χ1n) is 6.40. The molecule has 2 aliphatic heterocycles. The lowest BCUT2D eigenvalue weighted by atomic mass is 10.5. The fourth-order valence-corrected chi connectivity index (χ4v) is 1.92. The summed E-state index contributed by atoms with van der Waals surface area (Å²) in [4.78, 5) is 19.9. The zero-order valence-electron chi connectivity index (χ0n) is 11.2. The van der Waals surface area contributed by atoms with Gasteiger partial charge in [0.2, 0.25) is 0 Å². The molecule has 0 aromatic heterocycles. The van der Waals surface area contributed by atoms with E-state index in [1.807, 2.05) is 0 Å². The minimum Gasteiger partial charge on any atom is -0.481 e. The summed E-state index contributed by atoms with van der Waals surface area (Å²) in [6.45, 7) is 3.26. The lowest BCUT2D eigenvalue weighted by Crippen LogP contribution is -2.06. The van der Waals surface area contributed by atoms with Crippen molar-refractivity contribution in [2.45, 2.75) is 25.0 Å². The lowest BCUT2D eigenvalue weighted by molar-refractivity contribution is -0.137. The van der Waals surface area contributed by atoms with E-state index in [1.165, 1.54) is 11.8 Å². The Kier molecular flexibility index (Phi) is 8.59. The molecule has 0 amide bonds. The van der Waals surface area contributed by atoms with Crippen molar-refractivity contribution in [3.8, 4) is 0 Å². The van der Waals surface area contributed by atoms with Gasteiger partial charge in [0.15, 0.2) is 0 Å². The number of carboxylic acid groups (broad SMARTS) is 2. The molecule has 2 heterocycles. The van der Waals surface area contributed by atoms with E-state index in [0.717, 1.165) is 26.4 Å². The summed E-state index contributed by atoms with van der Waals surface area (Å²) < 4.78 is 15.1. The summed E-state index contributed by atoms with van der Waals surface area (Å²) in [5.74, 6) is -0.703. The van der Waals surface area contributed by atoms with Gasteiger partial charge in [-0.2, -0.15) is 11.8 Å². The van der Waals surface area contributed by atoms with Crippen LogP contribution in [0.1, 0.15) is 12.8 Å². The summed E-state index contributed by atoms with van der Waals surface area (Å²) in [5.41, 5.74) is 0. The number of rotatable bonds is 10. The van der Waals surface area contributed by atoms with E-state index in [1.54, 1.807) is 0 Å². The van der Waals surface area contributed by atoms with E-state index < -0.39 is 11.9 Å². The highest BCUT2D eigenvalue weighted by molar-refractivity contribution is 7.99. The zero-order valence-corrected chi connectivity index (χ0v) is 12.0. The molecular formula is C12H20O7S. The van der Waals surface area contributed by atoms with Crippen molar-refractivity contribution in [1.82, 2.24) is 0 Å². The van der Waals surface area contributed by atoms with Crippen molar-refractivity contribution in [3.63, 3.8) is 0 Å². The Morgan fingerprint density at radius 1 is 1.00 bits per heavy atom. The Balaban J connectivity index is 0.000000202. The summed E-state index contributed by atoms with van der Waals surface area (Å²) in [6, 6.07) is 0. The third kappa shape index (κ3) is 12.2. The molecule has 8 heteroatoms. The van der Waals surface area contributed by atoms with E-state index in [9.17, 15) is 9.59 Å². The number of aliphatic carboxylic acids is 2. The quantitative estimate of drug-likeness (QED) is 0.443. The molecule has 2 atom stereocenters. The normalized spacial score (nSPS) is 22.6. The van der Waals surface area contributed by atoms with Crippen LogP contribution < -0.4 is 0 Å². The Hall–Kier alpha value is -0.830. The van der Waals surface area contributed by atoms with Gasteiger partial charge in [-0.05, 0) is 0 Å². The predicted molar refractivity (Wildman–Crippen MR) is 72.1 cm³/mol. The van der Waals surface area contributed by atoms with E-state index in [-0.39, 0.29) is 12.8 Å². The van der Waals surface area contributed by atoms with Crippen molar-refractivity contribution >= 4 is 23.7 Å². The molecule has 2 unspecified atom stereocenters. The molecule has 0 saturated carbocycles. The highest BCUT2D eigenvalue weighted by Crippen LogP contribution is 2.12. The summed E-state index contributed by atoms with van der Waals surface area (Å²) in [7, 11) is 0. The number of hydrogen-bond donors (Lipinski definition) is 2. The van der Waals surface area contributed by atoms with Crippen LogP contribution >= 0.6 is 11.8 Å². The van der Waals surface area contributed by atoms with Gasteiger partial charge in [-0.1, -0.05) is 0 Å². The smallest absolute Gasteiger partial charge is 0.304 e. The second-order valence-corrected chi connectivity index (χ2v) is 5.57. The van der Waals surface area contributed by atoms with Gasteiger partial charge in [-0.3, -0.25) is 9.59 Å². The average Bonchev–Trinajstić information content (AvgIpc) is 3.23. The van der Waals surface area contributed by atoms with E-state index in [0.29, 0.717) is 23.7 Å². The number of epoxide rings is 2. The molecule has 0 aliphatic carbocycles. The number of carbonyl (C=O) groups is 2. The van der Waals surface area contributed by atoms with Crippen LogP contribution in [0.3, 0.4) is 0 Å². The first-order chi connectivity index (χ1) is 9.58. The van der Waals surface area contributed by atoms with Gasteiger partial charge in [0.1, 0.15) is 12.2 Å².